The van der Waals surface area contributed by atoms with Crippen molar-refractivity contribution in [3.8, 4) is 16.3 Å². The molecule has 0 fully saturated rings. The summed E-state index contributed by atoms with van der Waals surface area (Å²) in [6, 6.07) is 12.3. The predicted molar refractivity (Wildman–Crippen MR) is 104 cm³/mol. The summed E-state index contributed by atoms with van der Waals surface area (Å²) < 4.78 is 19.9. The number of nitrogens with one attached hydrogen (secondary N) is 1. The molecule has 3 rings (SSSR count). The van der Waals surface area contributed by atoms with E-state index in [0.717, 1.165) is 52.2 Å². The van der Waals surface area contributed by atoms with Crippen molar-refractivity contribution in [1.29, 1.82) is 0 Å². The number of carbonyl (C=O) groups is 1. The molecule has 0 radical (unpaired) electrons. The maximum Gasteiger partial charge on any atom is 0.243 e. The summed E-state index contributed by atoms with van der Waals surface area (Å²) in [5.41, 5.74) is 3.41. The molecule has 1 heterocycles. The molecule has 7 heteroatoms. The third-order valence-corrected chi connectivity index (χ3v) is 5.21. The summed E-state index contributed by atoms with van der Waals surface area (Å²) in [5, 5.41) is 9.26. The highest BCUT2D eigenvalue weighted by atomic mass is 32.1. The second-order valence-corrected chi connectivity index (χ2v) is 7.23. The van der Waals surface area contributed by atoms with Crippen LogP contribution >= 0.6 is 11.3 Å². The number of hydrogen-bond donors (Lipinski definition) is 2. The fraction of sp³-hybridized carbons (Fsp3) is 0.300. The van der Waals surface area contributed by atoms with Crippen LogP contribution in [-0.4, -0.2) is 22.7 Å². The van der Waals surface area contributed by atoms with Crippen LogP contribution in [0.25, 0.3) is 20.8 Å². The first-order valence-corrected chi connectivity index (χ1v) is 9.69. The lowest BCUT2D eigenvalue weighted by atomic mass is 10.1. The molecule has 0 bridgehead atoms. The van der Waals surface area contributed by atoms with Gasteiger partial charge in [0.2, 0.25) is 5.91 Å². The smallest absolute Gasteiger partial charge is 0.243 e. The van der Waals surface area contributed by atoms with Crippen LogP contribution in [0.4, 0.5) is 4.39 Å². The van der Waals surface area contributed by atoms with E-state index < -0.39 is 0 Å². The molecule has 0 saturated heterocycles. The first kappa shape index (κ1) is 19.3. The van der Waals surface area contributed by atoms with Crippen LogP contribution in [0.5, 0.6) is 5.75 Å². The van der Waals surface area contributed by atoms with E-state index in [4.69, 9.17) is 9.94 Å². The second kappa shape index (κ2) is 9.43. The Kier molecular flexibility index (Phi) is 6.73. The Morgan fingerprint density at radius 1 is 1.11 bits per heavy atom. The van der Waals surface area contributed by atoms with Crippen molar-refractivity contribution >= 4 is 27.5 Å². The average molecular weight is 388 g/mol. The molecular weight excluding hydrogens is 367 g/mol. The molecule has 0 spiro atoms. The number of carbonyl (C=O) groups excluding carboxylic acids is 1. The van der Waals surface area contributed by atoms with E-state index in [0.29, 0.717) is 13.0 Å². The summed E-state index contributed by atoms with van der Waals surface area (Å²) in [4.78, 5) is 15.4. The average Bonchev–Trinajstić information content (AvgIpc) is 3.10. The molecule has 3 aromatic rings. The Bertz CT molecular complexity index is 896. The number of halogens is 1. The summed E-state index contributed by atoms with van der Waals surface area (Å²) in [6.07, 6.45) is 3.91. The van der Waals surface area contributed by atoms with E-state index in [1.807, 2.05) is 24.3 Å². The van der Waals surface area contributed by atoms with Crippen LogP contribution in [0, 0.1) is 5.82 Å². The van der Waals surface area contributed by atoms with Crippen LogP contribution in [0.3, 0.4) is 0 Å². The van der Waals surface area contributed by atoms with E-state index in [9.17, 15) is 9.18 Å². The summed E-state index contributed by atoms with van der Waals surface area (Å²) in [5.74, 6) is 0.202. The van der Waals surface area contributed by atoms with Crippen molar-refractivity contribution in [2.75, 3.05) is 6.61 Å². The van der Waals surface area contributed by atoms with Gasteiger partial charge in [-0.2, -0.15) is 0 Å². The van der Waals surface area contributed by atoms with Gasteiger partial charge in [0.15, 0.2) is 0 Å². The summed E-state index contributed by atoms with van der Waals surface area (Å²) in [6.45, 7) is 0.617. The lowest BCUT2D eigenvalue weighted by molar-refractivity contribution is -0.129. The van der Waals surface area contributed by atoms with E-state index in [-0.39, 0.29) is 11.7 Å². The van der Waals surface area contributed by atoms with Crippen LogP contribution in [-0.2, 0) is 4.79 Å². The zero-order valence-corrected chi connectivity index (χ0v) is 15.6. The van der Waals surface area contributed by atoms with E-state index in [1.165, 1.54) is 23.5 Å². The molecule has 2 aromatic carbocycles. The van der Waals surface area contributed by atoms with Gasteiger partial charge in [-0.3, -0.25) is 10.0 Å². The van der Waals surface area contributed by atoms with Gasteiger partial charge in [-0.15, -0.1) is 11.3 Å². The van der Waals surface area contributed by atoms with Crippen LogP contribution in [0.1, 0.15) is 32.1 Å². The number of benzene rings is 2. The Morgan fingerprint density at radius 3 is 2.67 bits per heavy atom. The first-order valence-electron chi connectivity index (χ1n) is 8.88. The molecule has 1 amide bonds. The minimum atomic E-state index is -0.343. The molecule has 0 unspecified atom stereocenters. The van der Waals surface area contributed by atoms with Crippen molar-refractivity contribution in [3.05, 3.63) is 48.3 Å². The molecule has 142 valence electrons. The van der Waals surface area contributed by atoms with E-state index in [1.54, 1.807) is 11.5 Å². The molecule has 1 aromatic heterocycles. The minimum absolute atomic E-state index is 0.252. The van der Waals surface area contributed by atoms with Crippen LogP contribution < -0.4 is 10.2 Å². The number of aromatic nitrogens is 1. The van der Waals surface area contributed by atoms with Crippen LogP contribution in [0.15, 0.2) is 42.5 Å². The normalized spacial score (nSPS) is 10.9. The molecule has 0 aliphatic carbocycles. The second-order valence-electron chi connectivity index (χ2n) is 6.20. The molecular formula is C20H21FN2O3S. The number of unbranched alkanes of at least 4 members (excludes halogenated alkanes) is 3. The molecule has 27 heavy (non-hydrogen) atoms. The van der Waals surface area contributed by atoms with Gasteiger partial charge >= 0.3 is 0 Å². The Morgan fingerprint density at radius 2 is 1.89 bits per heavy atom. The third-order valence-electron chi connectivity index (χ3n) is 4.14. The largest absolute Gasteiger partial charge is 0.494 e. The highest BCUT2D eigenvalue weighted by Crippen LogP contribution is 2.31. The zero-order chi connectivity index (χ0) is 19.1. The topological polar surface area (TPSA) is 71.5 Å². The van der Waals surface area contributed by atoms with Crippen molar-refractivity contribution in [1.82, 2.24) is 10.5 Å². The number of ether oxygens (including phenoxy) is 1. The fourth-order valence-corrected chi connectivity index (χ4v) is 3.70. The number of rotatable bonds is 9. The molecule has 5 nitrogen and oxygen atoms in total. The van der Waals surface area contributed by atoms with E-state index in [2.05, 4.69) is 4.98 Å². The minimum Gasteiger partial charge on any atom is -0.494 e. The number of hydrogen-bond acceptors (Lipinski definition) is 5. The number of thiazole rings is 1. The lowest BCUT2D eigenvalue weighted by Gasteiger charge is -2.06. The van der Waals surface area contributed by atoms with Gasteiger partial charge in [0.05, 0.1) is 16.8 Å². The molecule has 0 aliphatic rings. The Balaban J connectivity index is 1.45. The van der Waals surface area contributed by atoms with Crippen LogP contribution in [0.2, 0.25) is 0 Å². The van der Waals surface area contributed by atoms with Gasteiger partial charge in [-0.1, -0.05) is 12.8 Å². The molecule has 2 N–H and O–H groups in total. The Labute approximate surface area is 160 Å². The zero-order valence-electron chi connectivity index (χ0n) is 14.8. The van der Waals surface area contributed by atoms with Crippen molar-refractivity contribution in [2.24, 2.45) is 0 Å². The number of nitrogens with zero attached hydrogens (tertiary/aromatic N) is 1. The van der Waals surface area contributed by atoms with Gasteiger partial charge in [-0.25, -0.2) is 14.9 Å². The number of hydroxylamine groups is 1. The predicted octanol–water partition coefficient (Wildman–Crippen LogP) is 4.94. The molecule has 0 atom stereocenters. The van der Waals surface area contributed by atoms with Crippen molar-refractivity contribution in [3.63, 3.8) is 0 Å². The highest BCUT2D eigenvalue weighted by Gasteiger charge is 2.07. The Hall–Kier alpha value is -2.51. The van der Waals surface area contributed by atoms with Gasteiger partial charge in [0, 0.05) is 12.0 Å². The summed E-state index contributed by atoms with van der Waals surface area (Å²) >= 11 is 1.47. The molecule has 0 aliphatic heterocycles. The number of fused-ring (bicyclic) bond motifs is 1. The monoisotopic (exact) mass is 388 g/mol. The van der Waals surface area contributed by atoms with Crippen molar-refractivity contribution < 1.29 is 19.1 Å². The van der Waals surface area contributed by atoms with E-state index >= 15 is 0 Å². The first-order chi connectivity index (χ1) is 13.2. The lowest BCUT2D eigenvalue weighted by Crippen LogP contribution is -2.17. The van der Waals surface area contributed by atoms with Gasteiger partial charge in [-0.05, 0) is 55.3 Å². The number of amides is 1. The molecule has 0 saturated carbocycles. The maximum atomic E-state index is 13.3. The van der Waals surface area contributed by atoms with Gasteiger partial charge in [0.25, 0.3) is 0 Å². The third kappa shape index (κ3) is 5.48. The van der Waals surface area contributed by atoms with Gasteiger partial charge in [0.1, 0.15) is 16.6 Å². The van der Waals surface area contributed by atoms with Gasteiger partial charge < -0.3 is 4.74 Å². The SMILES string of the molecule is O=C(CCCCCCOc1ccc(-c2nc3ccc(F)cc3s2)cc1)NO. The fourth-order valence-electron chi connectivity index (χ4n) is 2.70. The van der Waals surface area contributed by atoms with Crippen molar-refractivity contribution in [2.45, 2.75) is 32.1 Å². The highest BCUT2D eigenvalue weighted by molar-refractivity contribution is 7.21. The maximum absolute atomic E-state index is 13.3. The standard InChI is InChI=1S/C20H21FN2O3S/c21-15-8-11-17-18(13-15)27-20(22-17)14-6-9-16(10-7-14)26-12-4-2-1-3-5-19(24)23-25/h6-11,13,25H,1-5,12H2,(H,23,24). The quantitative estimate of drug-likeness (QED) is 0.309. The summed E-state index contributed by atoms with van der Waals surface area (Å²) in [7, 11) is 0.